The van der Waals surface area contributed by atoms with E-state index in [1.54, 1.807) is 31.5 Å². The molecule has 0 bridgehead atoms. The van der Waals surface area contributed by atoms with Gasteiger partial charge in [0.15, 0.2) is 0 Å². The Kier molecular flexibility index (Phi) is 4.79. The molecule has 5 nitrogen and oxygen atoms in total. The number of ether oxygens (including phenoxy) is 1. The van der Waals surface area contributed by atoms with Gasteiger partial charge in [0.25, 0.3) is 0 Å². The van der Waals surface area contributed by atoms with Crippen LogP contribution in [-0.4, -0.2) is 22.1 Å². The molecule has 1 N–H and O–H groups in total. The van der Waals surface area contributed by atoms with Crippen LogP contribution in [0.1, 0.15) is 23.9 Å². The third kappa shape index (κ3) is 3.46. The van der Waals surface area contributed by atoms with Crippen molar-refractivity contribution in [2.75, 3.05) is 7.11 Å². The van der Waals surface area contributed by atoms with E-state index in [4.69, 9.17) is 4.74 Å². The zero-order valence-corrected chi connectivity index (χ0v) is 15.8. The minimum absolute atomic E-state index is 0.242. The smallest absolute Gasteiger partial charge is 0.213 e. The van der Waals surface area contributed by atoms with Gasteiger partial charge in [-0.1, -0.05) is 30.3 Å². The number of nitrogens with one attached hydrogen (secondary N) is 1. The van der Waals surface area contributed by atoms with Crippen molar-refractivity contribution in [3.63, 3.8) is 0 Å². The first kappa shape index (κ1) is 18.1. The Balaban J connectivity index is 1.76. The van der Waals surface area contributed by atoms with Crippen molar-refractivity contribution in [2.24, 2.45) is 0 Å². The van der Waals surface area contributed by atoms with Gasteiger partial charge in [0.2, 0.25) is 5.88 Å². The average Bonchev–Trinajstić information content (AvgIpc) is 3.08. The van der Waals surface area contributed by atoms with Gasteiger partial charge in [0.05, 0.1) is 36.3 Å². The lowest BCUT2D eigenvalue weighted by Gasteiger charge is -2.28. The molecule has 0 saturated carbocycles. The van der Waals surface area contributed by atoms with Gasteiger partial charge < -0.3 is 9.75 Å². The van der Waals surface area contributed by atoms with Crippen LogP contribution in [0.2, 0.25) is 0 Å². The van der Waals surface area contributed by atoms with Crippen molar-refractivity contribution in [1.29, 1.82) is 0 Å². The first-order chi connectivity index (χ1) is 13.6. The topological polar surface area (TPSA) is 50.3 Å². The monoisotopic (exact) mass is 376 g/mol. The van der Waals surface area contributed by atoms with Gasteiger partial charge in [-0.25, -0.2) is 14.8 Å². The summed E-state index contributed by atoms with van der Waals surface area (Å²) >= 11 is 0. The predicted molar refractivity (Wildman–Crippen MR) is 105 cm³/mol. The molecule has 0 aliphatic carbocycles. The number of nitrogens with zero attached hydrogens (tertiary/aromatic N) is 3. The van der Waals surface area contributed by atoms with Crippen LogP contribution >= 0.6 is 0 Å². The second kappa shape index (κ2) is 7.40. The molecule has 3 aromatic rings. The summed E-state index contributed by atoms with van der Waals surface area (Å²) in [6, 6.07) is 18.2. The highest BCUT2D eigenvalue weighted by molar-refractivity contribution is 5.65. The zero-order chi connectivity index (χ0) is 19.6. The summed E-state index contributed by atoms with van der Waals surface area (Å²) in [6.07, 6.45) is 3.83. The average molecular weight is 376 g/mol. The number of hydrazine groups is 1. The molecule has 1 atom stereocenters. The van der Waals surface area contributed by atoms with E-state index in [-0.39, 0.29) is 5.82 Å². The molecule has 6 heteroatoms. The number of aromatic nitrogens is 2. The summed E-state index contributed by atoms with van der Waals surface area (Å²) in [7, 11) is 1.59. The molecule has 0 spiro atoms. The number of pyridine rings is 2. The molecular weight excluding hydrogens is 355 g/mol. The fraction of sp³-hybridized carbons (Fsp3) is 0.182. The van der Waals surface area contributed by atoms with Crippen LogP contribution in [-0.2, 0) is 12.1 Å². The Morgan fingerprint density at radius 1 is 1.07 bits per heavy atom. The molecule has 1 aromatic carbocycles. The molecule has 4 rings (SSSR count). The molecule has 2 aromatic heterocycles. The van der Waals surface area contributed by atoms with Gasteiger partial charge in [-0.05, 0) is 37.3 Å². The van der Waals surface area contributed by atoms with Crippen LogP contribution in [0.25, 0.3) is 5.70 Å². The van der Waals surface area contributed by atoms with E-state index in [0.29, 0.717) is 18.0 Å². The first-order valence-electron chi connectivity index (χ1n) is 9.03. The van der Waals surface area contributed by atoms with E-state index in [9.17, 15) is 4.39 Å². The quantitative estimate of drug-likeness (QED) is 0.732. The Hall–Kier alpha value is -3.25. The Bertz CT molecular complexity index is 1010. The normalized spacial score (nSPS) is 18.8. The highest BCUT2D eigenvalue weighted by Gasteiger charge is 2.36. The second-order valence-corrected chi connectivity index (χ2v) is 6.80. The summed E-state index contributed by atoms with van der Waals surface area (Å²) in [5, 5.41) is 1.91. The van der Waals surface area contributed by atoms with E-state index in [1.807, 2.05) is 48.3 Å². The first-order valence-corrected chi connectivity index (χ1v) is 9.03. The molecule has 1 aliphatic heterocycles. The number of methoxy groups -OCH3 is 1. The predicted octanol–water partition coefficient (Wildman–Crippen LogP) is 3.90. The zero-order valence-electron chi connectivity index (χ0n) is 15.8. The van der Waals surface area contributed by atoms with Crippen LogP contribution in [0.4, 0.5) is 4.39 Å². The molecule has 0 saturated heterocycles. The van der Waals surface area contributed by atoms with E-state index < -0.39 is 5.54 Å². The lowest BCUT2D eigenvalue weighted by Crippen LogP contribution is -2.43. The van der Waals surface area contributed by atoms with Gasteiger partial charge in [0, 0.05) is 17.8 Å². The second-order valence-electron chi connectivity index (χ2n) is 6.80. The van der Waals surface area contributed by atoms with Crippen LogP contribution in [0.3, 0.4) is 0 Å². The Morgan fingerprint density at radius 2 is 1.89 bits per heavy atom. The number of benzene rings is 1. The van der Waals surface area contributed by atoms with Crippen molar-refractivity contribution in [2.45, 2.75) is 19.0 Å². The van der Waals surface area contributed by atoms with Gasteiger partial charge in [-0.3, -0.25) is 4.98 Å². The summed E-state index contributed by atoms with van der Waals surface area (Å²) in [4.78, 5) is 9.06. The summed E-state index contributed by atoms with van der Waals surface area (Å²) in [5.74, 6) is 0.282. The Labute approximate surface area is 163 Å². The van der Waals surface area contributed by atoms with Crippen molar-refractivity contribution < 1.29 is 9.13 Å². The number of hydrogen-bond donors (Lipinski definition) is 1. The van der Waals surface area contributed by atoms with Crippen LogP contribution in [0, 0.1) is 5.82 Å². The minimum Gasteiger partial charge on any atom is -0.481 e. The lowest BCUT2D eigenvalue weighted by molar-refractivity contribution is 0.225. The minimum atomic E-state index is -0.549. The molecule has 0 fully saturated rings. The fourth-order valence-electron chi connectivity index (χ4n) is 3.33. The van der Waals surface area contributed by atoms with E-state index >= 15 is 0 Å². The summed E-state index contributed by atoms with van der Waals surface area (Å²) < 4.78 is 19.6. The maximum absolute atomic E-state index is 14.3. The molecule has 3 heterocycles. The molecule has 1 aliphatic rings. The number of rotatable bonds is 5. The van der Waals surface area contributed by atoms with E-state index in [0.717, 1.165) is 17.1 Å². The van der Waals surface area contributed by atoms with Crippen molar-refractivity contribution in [1.82, 2.24) is 20.4 Å². The van der Waals surface area contributed by atoms with Crippen molar-refractivity contribution >= 4 is 5.70 Å². The summed E-state index contributed by atoms with van der Waals surface area (Å²) in [5.41, 5.74) is 5.97. The molecule has 142 valence electrons. The van der Waals surface area contributed by atoms with Gasteiger partial charge in [-0.15, -0.1) is 0 Å². The maximum atomic E-state index is 14.3. The Morgan fingerprint density at radius 3 is 2.64 bits per heavy atom. The van der Waals surface area contributed by atoms with Gasteiger partial charge >= 0.3 is 0 Å². The largest absolute Gasteiger partial charge is 0.481 e. The SMILES string of the molecule is COc1cccc(C2=CC(C)(c3ccccn3)NN2Cc2ccccc2F)n1. The standard InChI is InChI=1S/C22H21FN4O/c1-22(20-11-5-6-13-24-20)14-19(18-10-7-12-21(25-18)28-2)27(26-22)15-16-8-3-4-9-17(16)23/h3-14,26H,15H2,1-2H3. The van der Waals surface area contributed by atoms with E-state index in [1.165, 1.54) is 6.07 Å². The highest BCUT2D eigenvalue weighted by Crippen LogP contribution is 2.35. The number of halogens is 1. The molecule has 0 amide bonds. The highest BCUT2D eigenvalue weighted by atomic mass is 19.1. The van der Waals surface area contributed by atoms with Gasteiger partial charge in [-0.2, -0.15) is 0 Å². The third-order valence-corrected chi connectivity index (χ3v) is 4.76. The van der Waals surface area contributed by atoms with Crippen LogP contribution < -0.4 is 10.2 Å². The molecule has 28 heavy (non-hydrogen) atoms. The lowest BCUT2D eigenvalue weighted by atomic mass is 9.97. The third-order valence-electron chi connectivity index (χ3n) is 4.76. The van der Waals surface area contributed by atoms with Crippen LogP contribution in [0.15, 0.2) is 72.9 Å². The number of hydrogen-bond acceptors (Lipinski definition) is 5. The summed E-state index contributed by atoms with van der Waals surface area (Å²) in [6.45, 7) is 2.39. The maximum Gasteiger partial charge on any atom is 0.213 e. The van der Waals surface area contributed by atoms with Gasteiger partial charge in [0.1, 0.15) is 5.82 Å². The fourth-order valence-corrected chi connectivity index (χ4v) is 3.33. The van der Waals surface area contributed by atoms with Crippen LogP contribution in [0.5, 0.6) is 5.88 Å². The molecule has 1 unspecified atom stereocenters. The molecular formula is C22H21FN4O. The van der Waals surface area contributed by atoms with Crippen molar-refractivity contribution in [3.8, 4) is 5.88 Å². The van der Waals surface area contributed by atoms with Crippen molar-refractivity contribution in [3.05, 3.63) is 95.7 Å². The van der Waals surface area contributed by atoms with E-state index in [2.05, 4.69) is 21.5 Å². The molecule has 0 radical (unpaired) electrons.